The zero-order valence-electron chi connectivity index (χ0n) is 20.5. The number of carbonyl (C=O) groups is 1. The molecule has 0 radical (unpaired) electrons. The van der Waals surface area contributed by atoms with Crippen molar-refractivity contribution < 1.29 is 14.3 Å². The average molecular weight is 491 g/mol. The number of phenolic OH excluding ortho intramolecular Hbond substituents is 1. The summed E-state index contributed by atoms with van der Waals surface area (Å²) in [5.41, 5.74) is 3.91. The molecule has 1 unspecified atom stereocenters. The van der Waals surface area contributed by atoms with Gasteiger partial charge < -0.3 is 20.6 Å². The number of anilines is 2. The van der Waals surface area contributed by atoms with Crippen LogP contribution in [0.15, 0.2) is 60.8 Å². The third-order valence-corrected chi connectivity index (χ3v) is 6.19. The van der Waals surface area contributed by atoms with Gasteiger partial charge in [-0.05, 0) is 75.7 Å². The highest BCUT2D eigenvalue weighted by Gasteiger charge is 2.18. The van der Waals surface area contributed by atoms with Crippen molar-refractivity contribution in [3.63, 3.8) is 0 Å². The lowest BCUT2D eigenvalue weighted by molar-refractivity contribution is -0.105. The molecule has 4 aromatic rings. The molecule has 1 saturated heterocycles. The Morgan fingerprint density at radius 1 is 1.19 bits per heavy atom. The van der Waals surface area contributed by atoms with Gasteiger partial charge >= 0.3 is 0 Å². The van der Waals surface area contributed by atoms with E-state index in [1.54, 1.807) is 6.07 Å². The predicted octanol–water partition coefficient (Wildman–Crippen LogP) is 4.56. The van der Waals surface area contributed by atoms with Crippen LogP contribution in [0.25, 0.3) is 16.9 Å². The monoisotopic (exact) mass is 490 g/mol. The summed E-state index contributed by atoms with van der Waals surface area (Å²) in [5, 5.41) is 20.7. The Labute approximate surface area is 209 Å². The Balaban J connectivity index is 0.000000256. The van der Waals surface area contributed by atoms with Crippen molar-refractivity contribution in [1.29, 1.82) is 0 Å². The molecule has 8 nitrogen and oxygen atoms in total. The molecule has 1 atom stereocenters. The lowest BCUT2D eigenvalue weighted by Gasteiger charge is -2.30. The highest BCUT2D eigenvalue weighted by molar-refractivity contribution is 5.72. The van der Waals surface area contributed by atoms with Gasteiger partial charge in [0.15, 0.2) is 5.65 Å². The number of aromatic hydroxyl groups is 1. The minimum absolute atomic E-state index is 0.237. The van der Waals surface area contributed by atoms with Gasteiger partial charge in [0.05, 0.1) is 11.9 Å². The fourth-order valence-corrected chi connectivity index (χ4v) is 4.33. The predicted molar refractivity (Wildman–Crippen MR) is 140 cm³/mol. The number of phenols is 1. The molecular formula is C27H31FN6O2. The van der Waals surface area contributed by atoms with E-state index in [4.69, 9.17) is 4.98 Å². The molecular weight excluding hydrogens is 459 g/mol. The fraction of sp³-hybridized carbons (Fsp3) is 0.296. The molecule has 1 aliphatic rings. The first-order valence-corrected chi connectivity index (χ1v) is 12.0. The van der Waals surface area contributed by atoms with Gasteiger partial charge in [0.25, 0.3) is 0 Å². The Morgan fingerprint density at radius 3 is 2.69 bits per heavy atom. The number of amides is 1. The second-order valence-electron chi connectivity index (χ2n) is 9.03. The molecule has 3 heterocycles. The summed E-state index contributed by atoms with van der Waals surface area (Å²) >= 11 is 0. The van der Waals surface area contributed by atoms with Gasteiger partial charge in [0.2, 0.25) is 6.41 Å². The van der Waals surface area contributed by atoms with Gasteiger partial charge in [-0.2, -0.15) is 9.61 Å². The average Bonchev–Trinajstić information content (AvgIpc) is 3.25. The number of likely N-dealkylation sites (tertiary alicyclic amines) is 1. The number of nitrogens with zero attached hydrogens (tertiary/aromatic N) is 4. The Kier molecular flexibility index (Phi) is 8.12. The molecule has 0 saturated carbocycles. The Hall–Kier alpha value is -3.98. The van der Waals surface area contributed by atoms with Gasteiger partial charge in [-0.1, -0.05) is 12.1 Å². The maximum absolute atomic E-state index is 12.2. The van der Waals surface area contributed by atoms with E-state index in [1.165, 1.54) is 43.7 Å². The molecule has 1 aliphatic heterocycles. The molecule has 188 valence electrons. The summed E-state index contributed by atoms with van der Waals surface area (Å²) in [6, 6.07) is 14.8. The molecule has 0 spiro atoms. The molecule has 0 bridgehead atoms. The van der Waals surface area contributed by atoms with E-state index in [-0.39, 0.29) is 11.6 Å². The summed E-state index contributed by atoms with van der Waals surface area (Å²) < 4.78 is 14.1. The highest BCUT2D eigenvalue weighted by Crippen LogP contribution is 2.30. The van der Waals surface area contributed by atoms with Crippen molar-refractivity contribution in [3.05, 3.63) is 72.2 Å². The van der Waals surface area contributed by atoms with E-state index < -0.39 is 0 Å². The first kappa shape index (κ1) is 25.1. The zero-order valence-corrected chi connectivity index (χ0v) is 20.5. The van der Waals surface area contributed by atoms with Crippen LogP contribution in [0, 0.1) is 18.7 Å². The van der Waals surface area contributed by atoms with Crippen LogP contribution in [0.4, 0.5) is 15.9 Å². The third kappa shape index (κ3) is 6.17. The number of aromatic nitrogens is 3. The van der Waals surface area contributed by atoms with Gasteiger partial charge in [-0.25, -0.2) is 9.37 Å². The van der Waals surface area contributed by atoms with Crippen LogP contribution in [-0.2, 0) is 4.79 Å². The van der Waals surface area contributed by atoms with E-state index in [2.05, 4.69) is 27.7 Å². The van der Waals surface area contributed by atoms with Crippen LogP contribution in [0.2, 0.25) is 0 Å². The van der Waals surface area contributed by atoms with Crippen molar-refractivity contribution >= 4 is 23.6 Å². The molecule has 5 rings (SSSR count). The van der Waals surface area contributed by atoms with Crippen molar-refractivity contribution in [2.75, 3.05) is 37.3 Å². The summed E-state index contributed by atoms with van der Waals surface area (Å²) in [7, 11) is 2.18. The standard InChI is InChI=1S/C20H25N5O.C7H6FNO/c1-14-11-22-25-19(21-12-15-6-5-9-24(2)13-15)10-17(23-20(14)25)16-7-3-4-8-18(16)26;8-6-1-3-7(4-2-6)9-5-10/h3-4,7-8,10-11,15,21,26H,5-6,9,12-13H2,1-2H3;1-5H,(H,9,10). The second kappa shape index (κ2) is 11.6. The number of hydrogen-bond donors (Lipinski definition) is 3. The number of aryl methyl sites for hydroxylation is 1. The maximum Gasteiger partial charge on any atom is 0.211 e. The molecule has 2 aromatic carbocycles. The number of fused-ring (bicyclic) bond motifs is 1. The summed E-state index contributed by atoms with van der Waals surface area (Å²) in [6.07, 6.45) is 4.87. The van der Waals surface area contributed by atoms with Crippen LogP contribution in [0.3, 0.4) is 0 Å². The van der Waals surface area contributed by atoms with Crippen molar-refractivity contribution in [2.45, 2.75) is 19.8 Å². The van der Waals surface area contributed by atoms with Crippen LogP contribution in [-0.4, -0.2) is 57.7 Å². The van der Waals surface area contributed by atoms with Crippen LogP contribution >= 0.6 is 0 Å². The Bertz CT molecular complexity index is 1310. The highest BCUT2D eigenvalue weighted by atomic mass is 19.1. The quantitative estimate of drug-likeness (QED) is 0.343. The minimum atomic E-state index is -0.309. The first-order chi connectivity index (χ1) is 17.4. The van der Waals surface area contributed by atoms with Gasteiger partial charge in [0.1, 0.15) is 17.4 Å². The third-order valence-electron chi connectivity index (χ3n) is 6.19. The minimum Gasteiger partial charge on any atom is -0.507 e. The number of para-hydroxylation sites is 1. The zero-order chi connectivity index (χ0) is 25.5. The topological polar surface area (TPSA) is 94.8 Å². The number of hydrogen-bond acceptors (Lipinski definition) is 6. The number of carbonyl (C=O) groups excluding carboxylic acids is 1. The number of benzene rings is 2. The van der Waals surface area contributed by atoms with Crippen LogP contribution in [0.1, 0.15) is 18.4 Å². The summed E-state index contributed by atoms with van der Waals surface area (Å²) in [4.78, 5) is 17.0. The molecule has 2 aromatic heterocycles. The van der Waals surface area contributed by atoms with E-state index >= 15 is 0 Å². The summed E-state index contributed by atoms with van der Waals surface area (Å²) in [6.45, 7) is 5.21. The molecule has 36 heavy (non-hydrogen) atoms. The largest absolute Gasteiger partial charge is 0.507 e. The number of piperidine rings is 1. The van der Waals surface area contributed by atoms with Crippen molar-refractivity contribution in [1.82, 2.24) is 19.5 Å². The van der Waals surface area contributed by atoms with Crippen LogP contribution in [0.5, 0.6) is 5.75 Å². The second-order valence-corrected chi connectivity index (χ2v) is 9.03. The number of rotatable bonds is 6. The summed E-state index contributed by atoms with van der Waals surface area (Å²) in [5.74, 6) is 1.47. The Morgan fingerprint density at radius 2 is 1.97 bits per heavy atom. The van der Waals surface area contributed by atoms with Gasteiger partial charge in [-0.15, -0.1) is 0 Å². The first-order valence-electron chi connectivity index (χ1n) is 12.0. The lowest BCUT2D eigenvalue weighted by Crippen LogP contribution is -2.35. The fourth-order valence-electron chi connectivity index (χ4n) is 4.33. The van der Waals surface area contributed by atoms with E-state index in [1.807, 2.05) is 41.9 Å². The number of nitrogens with one attached hydrogen (secondary N) is 2. The van der Waals surface area contributed by atoms with E-state index in [9.17, 15) is 14.3 Å². The number of halogens is 1. The molecule has 3 N–H and O–H groups in total. The van der Waals surface area contributed by atoms with Gasteiger partial charge in [0, 0.05) is 36.0 Å². The molecule has 9 heteroatoms. The SMILES string of the molecule is Cc1cnn2c(NCC3CCCN(C)C3)cc(-c3ccccc3O)nc12.O=CNc1ccc(F)cc1. The van der Waals surface area contributed by atoms with Gasteiger partial charge in [-0.3, -0.25) is 4.79 Å². The van der Waals surface area contributed by atoms with E-state index in [0.717, 1.165) is 41.4 Å². The van der Waals surface area contributed by atoms with Crippen molar-refractivity contribution in [3.8, 4) is 17.0 Å². The normalized spacial score (nSPS) is 15.7. The smallest absolute Gasteiger partial charge is 0.211 e. The molecule has 0 aliphatic carbocycles. The van der Waals surface area contributed by atoms with E-state index in [0.29, 0.717) is 18.0 Å². The molecule has 1 fully saturated rings. The molecule has 1 amide bonds. The van der Waals surface area contributed by atoms with Crippen molar-refractivity contribution in [2.24, 2.45) is 5.92 Å². The van der Waals surface area contributed by atoms with Crippen LogP contribution < -0.4 is 10.6 Å². The maximum atomic E-state index is 12.2. The lowest BCUT2D eigenvalue weighted by atomic mass is 9.98.